The number of rotatable bonds is 6. The van der Waals surface area contributed by atoms with Crippen molar-refractivity contribution in [3.63, 3.8) is 0 Å². The van der Waals surface area contributed by atoms with Gasteiger partial charge in [0.1, 0.15) is 0 Å². The van der Waals surface area contributed by atoms with E-state index in [-0.39, 0.29) is 6.67 Å². The molecule has 0 aliphatic rings. The minimum atomic E-state index is -0.155. The molecule has 0 aliphatic carbocycles. The van der Waals surface area contributed by atoms with Crippen molar-refractivity contribution in [1.29, 1.82) is 0 Å². The molecule has 1 radical (unpaired) electrons. The smallest absolute Gasteiger partial charge is 0.0894 e. The average Bonchev–Trinajstić information content (AvgIpc) is 1.89. The van der Waals surface area contributed by atoms with Gasteiger partial charge in [-0.25, -0.2) is 0 Å². The van der Waals surface area contributed by atoms with Crippen LogP contribution in [0, 0.1) is 6.26 Å². The first-order valence-corrected chi connectivity index (χ1v) is 4.50. The third kappa shape index (κ3) is 8.28. The van der Waals surface area contributed by atoms with E-state index in [1.54, 1.807) is 11.8 Å². The monoisotopic (exact) mass is 149 g/mol. The fraction of sp³-hybridized carbons (Fsp3) is 0.857. The zero-order chi connectivity index (χ0) is 6.95. The summed E-state index contributed by atoms with van der Waals surface area (Å²) in [5.74, 6) is 1.12. The first-order chi connectivity index (χ1) is 4.41. The molecule has 55 valence electrons. The van der Waals surface area contributed by atoms with Crippen LogP contribution in [-0.4, -0.2) is 12.4 Å². The van der Waals surface area contributed by atoms with Crippen LogP contribution in [0.1, 0.15) is 25.7 Å². The molecule has 2 heteroatoms. The van der Waals surface area contributed by atoms with E-state index in [0.717, 1.165) is 25.0 Å². The van der Waals surface area contributed by atoms with Gasteiger partial charge in [-0.15, -0.1) is 0 Å². The molecule has 0 saturated carbocycles. The summed E-state index contributed by atoms with van der Waals surface area (Å²) in [7, 11) is 0. The molecule has 0 atom stereocenters. The average molecular weight is 149 g/mol. The van der Waals surface area contributed by atoms with Gasteiger partial charge in [0, 0.05) is 6.26 Å². The van der Waals surface area contributed by atoms with Crippen LogP contribution in [0.4, 0.5) is 4.39 Å². The third-order valence-corrected chi connectivity index (χ3v) is 1.75. The van der Waals surface area contributed by atoms with Gasteiger partial charge in [0.15, 0.2) is 0 Å². The Labute approximate surface area is 61.2 Å². The lowest BCUT2D eigenvalue weighted by atomic mass is 10.2. The molecule has 9 heavy (non-hydrogen) atoms. The van der Waals surface area contributed by atoms with Crippen molar-refractivity contribution in [3.8, 4) is 0 Å². The van der Waals surface area contributed by atoms with Gasteiger partial charge < -0.3 is 0 Å². The van der Waals surface area contributed by atoms with Crippen LogP contribution in [0.5, 0.6) is 0 Å². The molecule has 0 saturated heterocycles. The van der Waals surface area contributed by atoms with E-state index in [1.165, 1.54) is 6.42 Å². The lowest BCUT2D eigenvalue weighted by Crippen LogP contribution is -1.80. The van der Waals surface area contributed by atoms with Gasteiger partial charge in [-0.3, -0.25) is 4.39 Å². The Morgan fingerprint density at radius 1 is 1.11 bits per heavy atom. The third-order valence-electron chi connectivity index (χ3n) is 1.17. The highest BCUT2D eigenvalue weighted by atomic mass is 32.2. The largest absolute Gasteiger partial charge is 0.251 e. The molecule has 0 bridgehead atoms. The van der Waals surface area contributed by atoms with Crippen molar-refractivity contribution in [2.45, 2.75) is 25.7 Å². The maximum absolute atomic E-state index is 11.5. The zero-order valence-electron chi connectivity index (χ0n) is 5.74. The van der Waals surface area contributed by atoms with Crippen LogP contribution < -0.4 is 0 Å². The fourth-order valence-electron chi connectivity index (χ4n) is 0.652. The quantitative estimate of drug-likeness (QED) is 0.523. The summed E-state index contributed by atoms with van der Waals surface area (Å²) in [6.45, 7) is -0.155. The van der Waals surface area contributed by atoms with E-state index >= 15 is 0 Å². The molecular weight excluding hydrogens is 135 g/mol. The van der Waals surface area contributed by atoms with E-state index in [9.17, 15) is 4.39 Å². The summed E-state index contributed by atoms with van der Waals surface area (Å²) >= 11 is 1.62. The van der Waals surface area contributed by atoms with Crippen LogP contribution in [0.15, 0.2) is 0 Å². The predicted octanol–water partition coefficient (Wildman–Crippen LogP) is 3.04. The molecule has 0 amide bonds. The molecule has 0 aliphatic heterocycles. The van der Waals surface area contributed by atoms with Gasteiger partial charge in [-0.2, -0.15) is 11.8 Å². The van der Waals surface area contributed by atoms with E-state index in [1.807, 2.05) is 0 Å². The highest BCUT2D eigenvalue weighted by molar-refractivity contribution is 8.00. The van der Waals surface area contributed by atoms with Crippen LogP contribution >= 0.6 is 11.8 Å². The zero-order valence-corrected chi connectivity index (χ0v) is 6.55. The Balaban J connectivity index is 2.60. The molecule has 0 fully saturated rings. The number of hydrogen-bond donors (Lipinski definition) is 0. The summed E-state index contributed by atoms with van der Waals surface area (Å²) in [6, 6.07) is 0. The molecule has 0 heterocycles. The first-order valence-electron chi connectivity index (χ1n) is 3.34. The van der Waals surface area contributed by atoms with Gasteiger partial charge in [0.2, 0.25) is 0 Å². The van der Waals surface area contributed by atoms with Crippen molar-refractivity contribution < 1.29 is 4.39 Å². The summed E-state index contributed by atoms with van der Waals surface area (Å²) in [5.41, 5.74) is 0. The molecule has 0 rings (SSSR count). The Hall–Kier alpha value is 0.280. The maximum Gasteiger partial charge on any atom is 0.0894 e. The van der Waals surface area contributed by atoms with Crippen LogP contribution in [0.2, 0.25) is 0 Å². The van der Waals surface area contributed by atoms with Crippen LogP contribution in [-0.2, 0) is 0 Å². The number of hydrogen-bond acceptors (Lipinski definition) is 1. The fourth-order valence-corrected chi connectivity index (χ4v) is 1.06. The summed E-state index contributed by atoms with van der Waals surface area (Å²) in [4.78, 5) is 0. The van der Waals surface area contributed by atoms with Gasteiger partial charge in [-0.1, -0.05) is 12.8 Å². The molecule has 0 N–H and O–H groups in total. The molecular formula is C7H14FS. The van der Waals surface area contributed by atoms with Gasteiger partial charge in [0.05, 0.1) is 6.67 Å². The lowest BCUT2D eigenvalue weighted by molar-refractivity contribution is 0.455. The van der Waals surface area contributed by atoms with Crippen LogP contribution in [0.3, 0.4) is 0 Å². The Morgan fingerprint density at radius 2 is 1.78 bits per heavy atom. The van der Waals surface area contributed by atoms with Crippen molar-refractivity contribution in [2.24, 2.45) is 0 Å². The van der Waals surface area contributed by atoms with Gasteiger partial charge in [0.25, 0.3) is 0 Å². The number of thioether (sulfide) groups is 1. The van der Waals surface area contributed by atoms with Gasteiger partial charge >= 0.3 is 0 Å². The Kier molecular flexibility index (Phi) is 8.54. The normalized spacial score (nSPS) is 10.0. The number of alkyl halides is 1. The number of unbranched alkanes of at least 4 members (excludes halogenated alkanes) is 3. The lowest BCUT2D eigenvalue weighted by Gasteiger charge is -1.94. The second-order valence-electron chi connectivity index (χ2n) is 2.01. The SMILES string of the molecule is [CH2]SCCCCCCF. The topological polar surface area (TPSA) is 0 Å². The minimum Gasteiger partial charge on any atom is -0.251 e. The van der Waals surface area contributed by atoms with E-state index in [4.69, 9.17) is 0 Å². The van der Waals surface area contributed by atoms with Gasteiger partial charge in [-0.05, 0) is 18.6 Å². The molecule has 0 spiro atoms. The highest BCUT2D eigenvalue weighted by Gasteiger charge is 1.87. The molecule has 0 aromatic rings. The van der Waals surface area contributed by atoms with E-state index in [0.29, 0.717) is 0 Å². The van der Waals surface area contributed by atoms with Crippen LogP contribution in [0.25, 0.3) is 0 Å². The molecule has 0 nitrogen and oxygen atoms in total. The van der Waals surface area contributed by atoms with E-state index < -0.39 is 0 Å². The van der Waals surface area contributed by atoms with Crippen molar-refractivity contribution in [3.05, 3.63) is 6.26 Å². The number of halogens is 1. The van der Waals surface area contributed by atoms with Crippen molar-refractivity contribution >= 4 is 11.8 Å². The standard InChI is InChI=1S/C7H14FS/c1-9-7-5-3-2-4-6-8/h1-7H2. The Bertz CT molecular complexity index is 42.2. The van der Waals surface area contributed by atoms with E-state index in [2.05, 4.69) is 6.26 Å². The summed E-state index contributed by atoms with van der Waals surface area (Å²) in [6.07, 6.45) is 7.77. The van der Waals surface area contributed by atoms with Crippen molar-refractivity contribution in [2.75, 3.05) is 12.4 Å². The first kappa shape index (κ1) is 9.28. The predicted molar refractivity (Wildman–Crippen MR) is 42.3 cm³/mol. The Morgan fingerprint density at radius 3 is 2.33 bits per heavy atom. The molecule has 0 unspecified atom stereocenters. The second kappa shape index (κ2) is 8.28. The van der Waals surface area contributed by atoms with Crippen molar-refractivity contribution in [1.82, 2.24) is 0 Å². The highest BCUT2D eigenvalue weighted by Crippen LogP contribution is 2.05. The molecule has 0 aromatic carbocycles. The molecule has 0 aromatic heterocycles. The summed E-state index contributed by atoms with van der Waals surface area (Å²) < 4.78 is 11.5. The summed E-state index contributed by atoms with van der Waals surface area (Å²) in [5, 5.41) is 0. The maximum atomic E-state index is 11.5. The second-order valence-corrected chi connectivity index (χ2v) is 2.83. The minimum absolute atomic E-state index is 0.155.